The van der Waals surface area contributed by atoms with E-state index in [1.807, 2.05) is 20.8 Å². The molecule has 0 aromatic heterocycles. The SMILES string of the molecule is CC(C)(C)C1C=CC(O)(C(F)(F)F)CC1. The summed E-state index contributed by atoms with van der Waals surface area (Å²) in [7, 11) is 0. The van der Waals surface area contributed by atoms with Gasteiger partial charge in [0.25, 0.3) is 0 Å². The molecule has 0 aromatic carbocycles. The average molecular weight is 222 g/mol. The summed E-state index contributed by atoms with van der Waals surface area (Å²) in [4.78, 5) is 0. The van der Waals surface area contributed by atoms with Crippen LogP contribution in [0.3, 0.4) is 0 Å². The zero-order valence-electron chi connectivity index (χ0n) is 9.23. The summed E-state index contributed by atoms with van der Waals surface area (Å²) in [5.74, 6) is 0.0973. The summed E-state index contributed by atoms with van der Waals surface area (Å²) in [5.41, 5.74) is -2.67. The molecule has 0 saturated carbocycles. The number of alkyl halides is 3. The molecule has 15 heavy (non-hydrogen) atoms. The van der Waals surface area contributed by atoms with Crippen LogP contribution >= 0.6 is 0 Å². The van der Waals surface area contributed by atoms with Crippen molar-refractivity contribution in [1.82, 2.24) is 0 Å². The minimum absolute atomic E-state index is 0.0522. The first-order valence-electron chi connectivity index (χ1n) is 5.05. The normalized spacial score (nSPS) is 33.1. The van der Waals surface area contributed by atoms with Crippen molar-refractivity contribution in [3.63, 3.8) is 0 Å². The Morgan fingerprint density at radius 2 is 1.80 bits per heavy atom. The molecule has 4 heteroatoms. The molecule has 0 aromatic rings. The molecule has 0 radical (unpaired) electrons. The van der Waals surface area contributed by atoms with Gasteiger partial charge in [0.2, 0.25) is 0 Å². The molecular weight excluding hydrogens is 205 g/mol. The van der Waals surface area contributed by atoms with E-state index in [2.05, 4.69) is 0 Å². The second-order valence-corrected chi connectivity index (χ2v) is 5.29. The van der Waals surface area contributed by atoms with Crippen LogP contribution in [0.15, 0.2) is 12.2 Å². The molecule has 2 unspecified atom stereocenters. The van der Waals surface area contributed by atoms with Gasteiger partial charge in [-0.3, -0.25) is 0 Å². The smallest absolute Gasteiger partial charge is 0.377 e. The van der Waals surface area contributed by atoms with Gasteiger partial charge in [0.15, 0.2) is 5.60 Å². The molecule has 1 aliphatic rings. The van der Waals surface area contributed by atoms with Crippen LogP contribution in [0.2, 0.25) is 0 Å². The van der Waals surface area contributed by atoms with E-state index < -0.39 is 11.8 Å². The third-order valence-corrected chi connectivity index (χ3v) is 3.04. The quantitative estimate of drug-likeness (QED) is 0.623. The van der Waals surface area contributed by atoms with Crippen LogP contribution in [0.5, 0.6) is 0 Å². The molecule has 88 valence electrons. The van der Waals surface area contributed by atoms with Gasteiger partial charge in [0.1, 0.15) is 0 Å². The van der Waals surface area contributed by atoms with Gasteiger partial charge in [-0.1, -0.05) is 26.8 Å². The van der Waals surface area contributed by atoms with E-state index in [0.717, 1.165) is 6.08 Å². The van der Waals surface area contributed by atoms with Crippen LogP contribution in [-0.2, 0) is 0 Å². The Hall–Kier alpha value is -0.510. The number of rotatable bonds is 0. The number of hydrogen-bond acceptors (Lipinski definition) is 1. The molecule has 0 fully saturated rings. The summed E-state index contributed by atoms with van der Waals surface area (Å²) < 4.78 is 37.3. The van der Waals surface area contributed by atoms with Gasteiger partial charge < -0.3 is 5.11 Å². The van der Waals surface area contributed by atoms with Crippen molar-refractivity contribution in [3.8, 4) is 0 Å². The molecule has 2 atom stereocenters. The molecule has 0 heterocycles. The first-order valence-corrected chi connectivity index (χ1v) is 5.05. The topological polar surface area (TPSA) is 20.2 Å². The molecule has 1 aliphatic carbocycles. The number of allylic oxidation sites excluding steroid dienone is 1. The third kappa shape index (κ3) is 2.54. The van der Waals surface area contributed by atoms with E-state index in [9.17, 15) is 18.3 Å². The molecule has 0 amide bonds. The van der Waals surface area contributed by atoms with Crippen molar-refractivity contribution in [2.75, 3.05) is 0 Å². The second-order valence-electron chi connectivity index (χ2n) is 5.29. The highest BCUT2D eigenvalue weighted by molar-refractivity contribution is 5.12. The van der Waals surface area contributed by atoms with Crippen molar-refractivity contribution in [3.05, 3.63) is 12.2 Å². The summed E-state index contributed by atoms with van der Waals surface area (Å²) >= 11 is 0. The Labute approximate surface area is 88.0 Å². The Morgan fingerprint density at radius 1 is 1.27 bits per heavy atom. The average Bonchev–Trinajstić information content (AvgIpc) is 2.01. The predicted molar refractivity (Wildman–Crippen MR) is 52.3 cm³/mol. The maximum Gasteiger partial charge on any atom is 0.420 e. The summed E-state index contributed by atoms with van der Waals surface area (Å²) in [6.45, 7) is 5.96. The van der Waals surface area contributed by atoms with Gasteiger partial charge in [-0.25, -0.2) is 0 Å². The highest BCUT2D eigenvalue weighted by Crippen LogP contribution is 2.43. The molecule has 0 saturated heterocycles. The van der Waals surface area contributed by atoms with Gasteiger partial charge in [-0.15, -0.1) is 0 Å². The highest BCUT2D eigenvalue weighted by atomic mass is 19.4. The minimum atomic E-state index is -4.56. The predicted octanol–water partition coefficient (Wildman–Crippen LogP) is 3.29. The lowest BCUT2D eigenvalue weighted by Crippen LogP contribution is -2.46. The lowest BCUT2D eigenvalue weighted by atomic mass is 9.72. The van der Waals surface area contributed by atoms with Gasteiger partial charge in [0.05, 0.1) is 0 Å². The first kappa shape index (κ1) is 12.6. The number of aliphatic hydroxyl groups is 1. The molecule has 0 bridgehead atoms. The monoisotopic (exact) mass is 222 g/mol. The fourth-order valence-electron chi connectivity index (χ4n) is 1.79. The maximum atomic E-state index is 12.4. The standard InChI is InChI=1S/C11H17F3O/c1-9(2,3)8-4-6-10(15,7-5-8)11(12,13)14/h4,6,8,15H,5,7H2,1-3H3. The van der Waals surface area contributed by atoms with Crippen LogP contribution in [0, 0.1) is 11.3 Å². The van der Waals surface area contributed by atoms with Crippen molar-refractivity contribution in [2.45, 2.75) is 45.4 Å². The van der Waals surface area contributed by atoms with E-state index in [1.165, 1.54) is 6.08 Å². The van der Waals surface area contributed by atoms with Gasteiger partial charge in [-0.2, -0.15) is 13.2 Å². The lowest BCUT2D eigenvalue weighted by Gasteiger charge is -2.37. The Bertz CT molecular complexity index is 262. The third-order valence-electron chi connectivity index (χ3n) is 3.04. The largest absolute Gasteiger partial charge is 0.420 e. The molecule has 1 N–H and O–H groups in total. The molecular formula is C11H17F3O. The Morgan fingerprint density at radius 3 is 2.07 bits per heavy atom. The van der Waals surface area contributed by atoms with E-state index in [0.29, 0.717) is 6.42 Å². The zero-order chi connectivity index (χ0) is 11.9. The Kier molecular flexibility index (Phi) is 2.94. The minimum Gasteiger partial charge on any atom is -0.377 e. The van der Waals surface area contributed by atoms with Crippen molar-refractivity contribution in [1.29, 1.82) is 0 Å². The molecule has 1 rings (SSSR count). The lowest BCUT2D eigenvalue weighted by molar-refractivity contribution is -0.244. The van der Waals surface area contributed by atoms with E-state index in [4.69, 9.17) is 0 Å². The van der Waals surface area contributed by atoms with Crippen LogP contribution in [-0.4, -0.2) is 16.9 Å². The fraction of sp³-hybridized carbons (Fsp3) is 0.818. The van der Waals surface area contributed by atoms with Crippen LogP contribution in [0.25, 0.3) is 0 Å². The summed E-state index contributed by atoms with van der Waals surface area (Å²) in [5, 5.41) is 9.38. The summed E-state index contributed by atoms with van der Waals surface area (Å²) in [6.07, 6.45) is -2.03. The fourth-order valence-corrected chi connectivity index (χ4v) is 1.79. The number of hydrogen-bond donors (Lipinski definition) is 1. The van der Waals surface area contributed by atoms with Crippen molar-refractivity contribution < 1.29 is 18.3 Å². The van der Waals surface area contributed by atoms with Crippen molar-refractivity contribution >= 4 is 0 Å². The molecule has 0 aliphatic heterocycles. The molecule has 0 spiro atoms. The van der Waals surface area contributed by atoms with E-state index in [1.54, 1.807) is 0 Å². The van der Waals surface area contributed by atoms with Crippen LogP contribution in [0.4, 0.5) is 13.2 Å². The number of halogens is 3. The van der Waals surface area contributed by atoms with Crippen LogP contribution < -0.4 is 0 Å². The molecule has 1 nitrogen and oxygen atoms in total. The van der Waals surface area contributed by atoms with Gasteiger partial charge >= 0.3 is 6.18 Å². The van der Waals surface area contributed by atoms with Gasteiger partial charge in [0, 0.05) is 0 Å². The van der Waals surface area contributed by atoms with Crippen LogP contribution in [0.1, 0.15) is 33.6 Å². The zero-order valence-corrected chi connectivity index (χ0v) is 9.23. The van der Waals surface area contributed by atoms with Gasteiger partial charge in [-0.05, 0) is 30.3 Å². The second kappa shape index (κ2) is 3.51. The van der Waals surface area contributed by atoms with E-state index >= 15 is 0 Å². The highest BCUT2D eigenvalue weighted by Gasteiger charge is 2.53. The van der Waals surface area contributed by atoms with Crippen molar-refractivity contribution in [2.24, 2.45) is 11.3 Å². The Balaban J connectivity index is 2.83. The van der Waals surface area contributed by atoms with E-state index in [-0.39, 0.29) is 17.8 Å². The summed E-state index contributed by atoms with van der Waals surface area (Å²) in [6, 6.07) is 0. The maximum absolute atomic E-state index is 12.4. The first-order chi connectivity index (χ1) is 6.56.